The first-order valence-electron chi connectivity index (χ1n) is 8.94. The number of hydrogen-bond acceptors (Lipinski definition) is 1. The van der Waals surface area contributed by atoms with Crippen molar-refractivity contribution < 1.29 is 5.11 Å². The van der Waals surface area contributed by atoms with Gasteiger partial charge in [-0.25, -0.2) is 0 Å². The first kappa shape index (κ1) is 20.4. The van der Waals surface area contributed by atoms with Crippen LogP contribution in [0.25, 0.3) is 0 Å². The van der Waals surface area contributed by atoms with Gasteiger partial charge in [0.25, 0.3) is 0 Å². The molecule has 0 aliphatic carbocycles. The Morgan fingerprint density at radius 2 is 1.52 bits per heavy atom. The van der Waals surface area contributed by atoms with E-state index in [1.807, 2.05) is 6.92 Å². The number of rotatable bonds is 13. The molecule has 0 rings (SSSR count). The van der Waals surface area contributed by atoms with Crippen molar-refractivity contribution in [3.63, 3.8) is 0 Å². The second-order valence-electron chi connectivity index (χ2n) is 6.92. The lowest BCUT2D eigenvalue weighted by molar-refractivity contribution is 0.0864. The molecule has 0 aromatic rings. The maximum Gasteiger partial charge on any atom is 0.0829 e. The summed E-state index contributed by atoms with van der Waals surface area (Å²) >= 11 is 0. The Bertz CT molecular complexity index is 295. The molecule has 1 heteroatoms. The third-order valence-electron chi connectivity index (χ3n) is 4.28. The van der Waals surface area contributed by atoms with Crippen LogP contribution in [0.15, 0.2) is 23.8 Å². The molecule has 21 heavy (non-hydrogen) atoms. The SMILES string of the molecule is C=C(CCCCCCCCCC)C(C)(O)CCC=C(C)C. The normalized spacial score (nSPS) is 13.8. The highest BCUT2D eigenvalue weighted by Gasteiger charge is 2.22. The van der Waals surface area contributed by atoms with E-state index in [9.17, 15) is 5.11 Å². The van der Waals surface area contributed by atoms with Crippen molar-refractivity contribution in [1.29, 1.82) is 0 Å². The molecule has 1 nitrogen and oxygen atoms in total. The molecular formula is C20H38O. The molecule has 0 aromatic carbocycles. The van der Waals surface area contributed by atoms with Crippen molar-refractivity contribution >= 4 is 0 Å². The number of aliphatic hydroxyl groups is 1. The monoisotopic (exact) mass is 294 g/mol. The van der Waals surface area contributed by atoms with E-state index in [0.29, 0.717) is 0 Å². The van der Waals surface area contributed by atoms with Crippen LogP contribution in [0.4, 0.5) is 0 Å². The third kappa shape index (κ3) is 11.7. The minimum Gasteiger partial charge on any atom is -0.386 e. The third-order valence-corrected chi connectivity index (χ3v) is 4.28. The molecule has 0 saturated heterocycles. The van der Waals surface area contributed by atoms with Crippen LogP contribution in [-0.4, -0.2) is 10.7 Å². The van der Waals surface area contributed by atoms with E-state index in [0.717, 1.165) is 24.8 Å². The molecule has 1 atom stereocenters. The number of unbranched alkanes of at least 4 members (excludes halogenated alkanes) is 7. The van der Waals surface area contributed by atoms with Gasteiger partial charge >= 0.3 is 0 Å². The van der Waals surface area contributed by atoms with Gasteiger partial charge in [0, 0.05) is 0 Å². The fourth-order valence-electron chi connectivity index (χ4n) is 2.56. The molecule has 124 valence electrons. The van der Waals surface area contributed by atoms with Crippen LogP contribution in [0.3, 0.4) is 0 Å². The van der Waals surface area contributed by atoms with Crippen LogP contribution < -0.4 is 0 Å². The van der Waals surface area contributed by atoms with Gasteiger partial charge in [-0.2, -0.15) is 0 Å². The van der Waals surface area contributed by atoms with E-state index in [1.54, 1.807) is 0 Å². The van der Waals surface area contributed by atoms with Crippen LogP contribution in [0.1, 0.15) is 98.3 Å². The highest BCUT2D eigenvalue weighted by atomic mass is 16.3. The summed E-state index contributed by atoms with van der Waals surface area (Å²) in [5.74, 6) is 0. The van der Waals surface area contributed by atoms with Crippen molar-refractivity contribution in [3.8, 4) is 0 Å². The largest absolute Gasteiger partial charge is 0.386 e. The fraction of sp³-hybridized carbons (Fsp3) is 0.800. The predicted octanol–water partition coefficient (Wildman–Crippen LogP) is 6.57. The summed E-state index contributed by atoms with van der Waals surface area (Å²) in [6.07, 6.45) is 15.5. The molecular weight excluding hydrogens is 256 g/mol. The van der Waals surface area contributed by atoms with Gasteiger partial charge < -0.3 is 5.11 Å². The molecule has 0 aliphatic heterocycles. The molecule has 0 spiro atoms. The molecule has 0 heterocycles. The fourth-order valence-corrected chi connectivity index (χ4v) is 2.56. The van der Waals surface area contributed by atoms with E-state index in [1.165, 1.54) is 56.9 Å². The lowest BCUT2D eigenvalue weighted by Crippen LogP contribution is -2.26. The summed E-state index contributed by atoms with van der Waals surface area (Å²) < 4.78 is 0. The highest BCUT2D eigenvalue weighted by molar-refractivity contribution is 5.11. The van der Waals surface area contributed by atoms with E-state index < -0.39 is 5.60 Å². The summed E-state index contributed by atoms with van der Waals surface area (Å²) in [6.45, 7) is 12.5. The van der Waals surface area contributed by atoms with Crippen LogP contribution in [0.5, 0.6) is 0 Å². The maximum atomic E-state index is 10.5. The van der Waals surface area contributed by atoms with Crippen LogP contribution >= 0.6 is 0 Å². The average molecular weight is 295 g/mol. The minimum absolute atomic E-state index is 0.701. The molecule has 0 aromatic heterocycles. The quantitative estimate of drug-likeness (QED) is 0.301. The Morgan fingerprint density at radius 1 is 1.00 bits per heavy atom. The summed E-state index contributed by atoms with van der Waals surface area (Å²) in [7, 11) is 0. The highest BCUT2D eigenvalue weighted by Crippen LogP contribution is 2.26. The summed E-state index contributed by atoms with van der Waals surface area (Å²) in [5, 5.41) is 10.5. The van der Waals surface area contributed by atoms with Crippen LogP contribution in [0.2, 0.25) is 0 Å². The lowest BCUT2D eigenvalue weighted by Gasteiger charge is -2.25. The first-order valence-corrected chi connectivity index (χ1v) is 8.94. The van der Waals surface area contributed by atoms with Gasteiger partial charge in [0.1, 0.15) is 0 Å². The van der Waals surface area contributed by atoms with Gasteiger partial charge in [0.05, 0.1) is 5.60 Å². The van der Waals surface area contributed by atoms with E-state index >= 15 is 0 Å². The molecule has 0 bridgehead atoms. The zero-order valence-corrected chi connectivity index (χ0v) is 15.0. The average Bonchev–Trinajstić information content (AvgIpc) is 2.40. The van der Waals surface area contributed by atoms with Crippen molar-refractivity contribution in [1.82, 2.24) is 0 Å². The van der Waals surface area contributed by atoms with Gasteiger partial charge in [-0.1, -0.05) is 70.1 Å². The Hall–Kier alpha value is -0.560. The summed E-state index contributed by atoms with van der Waals surface area (Å²) in [6, 6.07) is 0. The predicted molar refractivity (Wildman–Crippen MR) is 95.7 cm³/mol. The number of hydrogen-bond donors (Lipinski definition) is 1. The van der Waals surface area contributed by atoms with Crippen molar-refractivity contribution in [2.24, 2.45) is 0 Å². The molecule has 0 radical (unpaired) electrons. The molecule has 1 unspecified atom stereocenters. The Balaban J connectivity index is 3.69. The molecule has 1 N–H and O–H groups in total. The Labute approximate surface area is 133 Å². The maximum absolute atomic E-state index is 10.5. The standard InChI is InChI=1S/C20H38O/c1-6-7-8-9-10-11-12-13-16-19(4)20(5,21)17-14-15-18(2)3/h15,21H,4,6-14,16-17H2,1-3,5H3. The minimum atomic E-state index is -0.701. The Kier molecular flexibility index (Phi) is 11.7. The van der Waals surface area contributed by atoms with Crippen molar-refractivity contribution in [3.05, 3.63) is 23.8 Å². The second-order valence-corrected chi connectivity index (χ2v) is 6.92. The molecule has 0 fully saturated rings. The molecule has 0 saturated carbocycles. The smallest absolute Gasteiger partial charge is 0.0829 e. The van der Waals surface area contributed by atoms with E-state index in [4.69, 9.17) is 0 Å². The van der Waals surface area contributed by atoms with Crippen LogP contribution in [-0.2, 0) is 0 Å². The van der Waals surface area contributed by atoms with Crippen molar-refractivity contribution in [2.45, 2.75) is 104 Å². The summed E-state index contributed by atoms with van der Waals surface area (Å²) in [5.41, 5.74) is 1.63. The summed E-state index contributed by atoms with van der Waals surface area (Å²) in [4.78, 5) is 0. The molecule has 0 amide bonds. The Morgan fingerprint density at radius 3 is 2.05 bits per heavy atom. The number of allylic oxidation sites excluding steroid dienone is 2. The van der Waals surface area contributed by atoms with Crippen molar-refractivity contribution in [2.75, 3.05) is 0 Å². The topological polar surface area (TPSA) is 20.2 Å². The lowest BCUT2D eigenvalue weighted by atomic mass is 9.88. The van der Waals surface area contributed by atoms with E-state index in [2.05, 4.69) is 33.4 Å². The first-order chi connectivity index (χ1) is 9.90. The van der Waals surface area contributed by atoms with Gasteiger partial charge in [-0.15, -0.1) is 0 Å². The molecule has 0 aliphatic rings. The van der Waals surface area contributed by atoms with Crippen LogP contribution in [0, 0.1) is 0 Å². The van der Waals surface area contributed by atoms with Gasteiger partial charge in [0.2, 0.25) is 0 Å². The van der Waals surface area contributed by atoms with Gasteiger partial charge in [-0.05, 0) is 52.0 Å². The van der Waals surface area contributed by atoms with Gasteiger partial charge in [-0.3, -0.25) is 0 Å². The zero-order valence-electron chi connectivity index (χ0n) is 15.0. The zero-order chi connectivity index (χ0) is 16.1. The van der Waals surface area contributed by atoms with E-state index in [-0.39, 0.29) is 0 Å². The van der Waals surface area contributed by atoms with Gasteiger partial charge in [0.15, 0.2) is 0 Å². The second kappa shape index (κ2) is 12.0.